The number of aryl methyl sites for hydroxylation is 1. The van der Waals surface area contributed by atoms with Gasteiger partial charge in [0, 0.05) is 31.9 Å². The molecule has 1 aliphatic heterocycles. The summed E-state index contributed by atoms with van der Waals surface area (Å²) in [4.78, 5) is 16.9. The molecule has 0 aromatic heterocycles. The van der Waals surface area contributed by atoms with Crippen LogP contribution in [0.5, 0.6) is 0 Å². The molecule has 1 N–H and O–H groups in total. The smallest absolute Gasteiger partial charge is 0.241 e. The van der Waals surface area contributed by atoms with E-state index in [-0.39, 0.29) is 10.8 Å². The second kappa shape index (κ2) is 9.14. The van der Waals surface area contributed by atoms with Gasteiger partial charge in [0.15, 0.2) is 0 Å². The number of hydrogen-bond donors (Lipinski definition) is 1. The summed E-state index contributed by atoms with van der Waals surface area (Å²) in [6.45, 7) is 8.38. The molecular formula is C22H28FN3O3S. The zero-order valence-corrected chi connectivity index (χ0v) is 18.4. The van der Waals surface area contributed by atoms with Gasteiger partial charge in [0.1, 0.15) is 11.9 Å². The molecule has 3 rings (SSSR count). The number of rotatable bonds is 6. The lowest BCUT2D eigenvalue weighted by molar-refractivity contribution is -0.133. The Morgan fingerprint density at radius 1 is 1.07 bits per heavy atom. The molecule has 6 nitrogen and oxygen atoms in total. The molecule has 1 atom stereocenters. The summed E-state index contributed by atoms with van der Waals surface area (Å²) in [5.74, 6) is -0.748. The number of sulfonamides is 1. The quantitative estimate of drug-likeness (QED) is 0.761. The molecule has 1 heterocycles. The van der Waals surface area contributed by atoms with Gasteiger partial charge >= 0.3 is 0 Å². The number of piperazine rings is 1. The average Bonchev–Trinajstić information content (AvgIpc) is 2.74. The minimum atomic E-state index is -3.91. The topological polar surface area (TPSA) is 69.7 Å². The molecule has 1 aliphatic rings. The van der Waals surface area contributed by atoms with E-state index >= 15 is 0 Å². The number of carbonyl (C=O) groups excluding carboxylic acids is 1. The van der Waals surface area contributed by atoms with Crippen LogP contribution in [0.4, 0.5) is 10.1 Å². The zero-order chi connectivity index (χ0) is 21.9. The zero-order valence-electron chi connectivity index (χ0n) is 17.6. The third-order valence-corrected chi connectivity index (χ3v) is 7.12. The molecule has 1 fully saturated rings. The predicted octanol–water partition coefficient (Wildman–Crippen LogP) is 2.85. The molecule has 30 heavy (non-hydrogen) atoms. The van der Waals surface area contributed by atoms with Crippen molar-refractivity contribution < 1.29 is 17.6 Å². The van der Waals surface area contributed by atoms with E-state index in [0.29, 0.717) is 32.6 Å². The Bertz CT molecular complexity index is 1000. The van der Waals surface area contributed by atoms with Gasteiger partial charge in [-0.05, 0) is 61.7 Å². The van der Waals surface area contributed by atoms with Crippen molar-refractivity contribution >= 4 is 21.6 Å². The number of hydrogen-bond acceptors (Lipinski definition) is 4. The number of benzene rings is 2. The number of nitrogens with zero attached hydrogens (tertiary/aromatic N) is 2. The first kappa shape index (κ1) is 22.2. The highest BCUT2D eigenvalue weighted by atomic mass is 32.2. The predicted molar refractivity (Wildman–Crippen MR) is 116 cm³/mol. The molecule has 2 aromatic carbocycles. The monoisotopic (exact) mass is 433 g/mol. The molecule has 0 saturated carbocycles. The molecule has 2 aromatic rings. The van der Waals surface area contributed by atoms with E-state index < -0.39 is 21.9 Å². The van der Waals surface area contributed by atoms with Crippen LogP contribution in [0.15, 0.2) is 47.4 Å². The summed E-state index contributed by atoms with van der Waals surface area (Å²) in [5, 5.41) is 0. The van der Waals surface area contributed by atoms with Crippen LogP contribution in [-0.2, 0) is 14.8 Å². The van der Waals surface area contributed by atoms with Crippen LogP contribution < -0.4 is 9.62 Å². The largest absolute Gasteiger partial charge is 0.368 e. The van der Waals surface area contributed by atoms with Gasteiger partial charge in [-0.3, -0.25) is 4.79 Å². The summed E-state index contributed by atoms with van der Waals surface area (Å²) in [6.07, 6.45) is 0.330. The fraction of sp³-hybridized carbons (Fsp3) is 0.409. The van der Waals surface area contributed by atoms with E-state index in [1.807, 2.05) is 6.07 Å². The van der Waals surface area contributed by atoms with E-state index in [4.69, 9.17) is 0 Å². The van der Waals surface area contributed by atoms with Crippen LogP contribution >= 0.6 is 0 Å². The van der Waals surface area contributed by atoms with Crippen molar-refractivity contribution in [1.29, 1.82) is 0 Å². The Morgan fingerprint density at radius 3 is 2.30 bits per heavy atom. The Morgan fingerprint density at radius 2 is 1.70 bits per heavy atom. The fourth-order valence-corrected chi connectivity index (χ4v) is 4.92. The lowest BCUT2D eigenvalue weighted by Crippen LogP contribution is -2.55. The van der Waals surface area contributed by atoms with E-state index in [0.717, 1.165) is 12.1 Å². The summed E-state index contributed by atoms with van der Waals surface area (Å²) >= 11 is 0. The van der Waals surface area contributed by atoms with Gasteiger partial charge in [-0.25, -0.2) is 12.8 Å². The lowest BCUT2D eigenvalue weighted by atomic mass is 10.1. The molecule has 0 bridgehead atoms. The Hall–Kier alpha value is -2.45. The van der Waals surface area contributed by atoms with Gasteiger partial charge in [-0.1, -0.05) is 19.1 Å². The van der Waals surface area contributed by atoms with Crippen LogP contribution in [0.1, 0.15) is 24.5 Å². The molecule has 0 radical (unpaired) electrons. The van der Waals surface area contributed by atoms with Crippen molar-refractivity contribution in [3.63, 3.8) is 0 Å². The molecular weight excluding hydrogens is 405 g/mol. The first-order chi connectivity index (χ1) is 14.2. The number of amides is 1. The van der Waals surface area contributed by atoms with Crippen LogP contribution in [0, 0.1) is 19.7 Å². The van der Waals surface area contributed by atoms with Crippen LogP contribution in [0.3, 0.4) is 0 Å². The first-order valence-corrected chi connectivity index (χ1v) is 11.6. The van der Waals surface area contributed by atoms with Crippen LogP contribution in [-0.4, -0.2) is 51.4 Å². The summed E-state index contributed by atoms with van der Waals surface area (Å²) in [6, 6.07) is 9.91. The van der Waals surface area contributed by atoms with Crippen molar-refractivity contribution in [3.05, 3.63) is 59.4 Å². The van der Waals surface area contributed by atoms with E-state index in [1.165, 1.54) is 28.9 Å². The fourth-order valence-electron chi connectivity index (χ4n) is 3.64. The molecule has 0 spiro atoms. The minimum absolute atomic E-state index is 0.0603. The van der Waals surface area contributed by atoms with Gasteiger partial charge in [-0.2, -0.15) is 4.72 Å². The second-order valence-corrected chi connectivity index (χ2v) is 9.28. The SMILES string of the molecule is CCC(NS(=O)(=O)c1ccc(F)cc1)C(=O)N1CCN(c2cccc(C)c2C)CC1. The van der Waals surface area contributed by atoms with E-state index in [1.54, 1.807) is 11.8 Å². The summed E-state index contributed by atoms with van der Waals surface area (Å²) < 4.78 is 40.8. The highest BCUT2D eigenvalue weighted by Crippen LogP contribution is 2.24. The molecule has 1 saturated heterocycles. The second-order valence-electron chi connectivity index (χ2n) is 7.57. The third kappa shape index (κ3) is 4.82. The van der Waals surface area contributed by atoms with E-state index in [2.05, 4.69) is 35.6 Å². The van der Waals surface area contributed by atoms with Crippen molar-refractivity contribution in [2.75, 3.05) is 31.1 Å². The molecule has 8 heteroatoms. The number of nitrogens with one attached hydrogen (secondary N) is 1. The molecule has 1 amide bonds. The van der Waals surface area contributed by atoms with Crippen molar-refractivity contribution in [3.8, 4) is 0 Å². The highest BCUT2D eigenvalue weighted by Gasteiger charge is 2.30. The maximum atomic E-state index is 13.1. The molecule has 1 unspecified atom stereocenters. The normalized spacial score (nSPS) is 15.9. The van der Waals surface area contributed by atoms with Crippen molar-refractivity contribution in [1.82, 2.24) is 9.62 Å². The molecule has 162 valence electrons. The Kier molecular flexibility index (Phi) is 6.77. The number of carbonyl (C=O) groups is 1. The van der Waals surface area contributed by atoms with Gasteiger partial charge in [0.2, 0.25) is 15.9 Å². The Balaban J connectivity index is 1.65. The maximum Gasteiger partial charge on any atom is 0.241 e. The number of halogens is 1. The van der Waals surface area contributed by atoms with Gasteiger partial charge < -0.3 is 9.80 Å². The summed E-state index contributed by atoms with van der Waals surface area (Å²) in [5.41, 5.74) is 3.63. The third-order valence-electron chi connectivity index (χ3n) is 5.64. The maximum absolute atomic E-state index is 13.1. The molecule has 0 aliphatic carbocycles. The van der Waals surface area contributed by atoms with Crippen molar-refractivity contribution in [2.45, 2.75) is 38.1 Å². The minimum Gasteiger partial charge on any atom is -0.368 e. The standard InChI is InChI=1S/C22H28FN3O3S/c1-4-20(24-30(28,29)19-10-8-18(23)9-11-19)22(27)26-14-12-25(13-15-26)21-7-5-6-16(2)17(21)3/h5-11,20,24H,4,12-15H2,1-3H3. The highest BCUT2D eigenvalue weighted by molar-refractivity contribution is 7.89. The Labute approximate surface area is 177 Å². The number of anilines is 1. The van der Waals surface area contributed by atoms with Gasteiger partial charge in [0.05, 0.1) is 4.90 Å². The summed E-state index contributed by atoms with van der Waals surface area (Å²) in [7, 11) is -3.91. The van der Waals surface area contributed by atoms with Gasteiger partial charge in [-0.15, -0.1) is 0 Å². The van der Waals surface area contributed by atoms with E-state index in [9.17, 15) is 17.6 Å². The van der Waals surface area contributed by atoms with Crippen LogP contribution in [0.25, 0.3) is 0 Å². The first-order valence-electron chi connectivity index (χ1n) is 10.1. The average molecular weight is 434 g/mol. The van der Waals surface area contributed by atoms with Crippen molar-refractivity contribution in [2.24, 2.45) is 0 Å². The lowest BCUT2D eigenvalue weighted by Gasteiger charge is -2.38. The van der Waals surface area contributed by atoms with Crippen LogP contribution in [0.2, 0.25) is 0 Å². The van der Waals surface area contributed by atoms with Gasteiger partial charge in [0.25, 0.3) is 0 Å².